The third-order valence-electron chi connectivity index (χ3n) is 3.39. The summed E-state index contributed by atoms with van der Waals surface area (Å²) in [5.41, 5.74) is 7.48. The lowest BCUT2D eigenvalue weighted by atomic mass is 10.0. The predicted octanol–water partition coefficient (Wildman–Crippen LogP) is 2.60. The summed E-state index contributed by atoms with van der Waals surface area (Å²) in [6.07, 6.45) is 5.12. The first kappa shape index (κ1) is 16.7. The fourth-order valence-corrected chi connectivity index (χ4v) is 2.26. The minimum atomic E-state index is -1.44. The summed E-state index contributed by atoms with van der Waals surface area (Å²) in [4.78, 5) is 12.7. The van der Waals surface area contributed by atoms with Crippen molar-refractivity contribution in [1.29, 1.82) is 0 Å². The average molecular weight is 316 g/mol. The first-order chi connectivity index (χ1) is 11.1. The van der Waals surface area contributed by atoms with Crippen molar-refractivity contribution in [3.8, 4) is 0 Å². The van der Waals surface area contributed by atoms with Gasteiger partial charge in [0.15, 0.2) is 5.72 Å². The van der Waals surface area contributed by atoms with Crippen LogP contribution in [0.25, 0.3) is 10.4 Å². The first-order valence-corrected chi connectivity index (χ1v) is 7.08. The van der Waals surface area contributed by atoms with Crippen molar-refractivity contribution in [3.63, 3.8) is 0 Å². The third kappa shape index (κ3) is 3.74. The van der Waals surface area contributed by atoms with E-state index in [2.05, 4.69) is 20.0 Å². The largest absolute Gasteiger partial charge is 0.365 e. The maximum absolute atomic E-state index is 13.1. The van der Waals surface area contributed by atoms with Crippen LogP contribution in [0.4, 0.5) is 4.39 Å². The van der Waals surface area contributed by atoms with Crippen molar-refractivity contribution in [1.82, 2.24) is 4.90 Å². The van der Waals surface area contributed by atoms with Gasteiger partial charge in [0.25, 0.3) is 0 Å². The summed E-state index contributed by atoms with van der Waals surface area (Å²) in [6.45, 7) is 2.32. The Balaban J connectivity index is 2.30. The molecule has 1 heterocycles. The molecule has 120 valence electrons. The number of nitrogens with zero attached hydrogens (tertiary/aromatic N) is 6. The highest BCUT2D eigenvalue weighted by molar-refractivity contribution is 5.92. The van der Waals surface area contributed by atoms with Crippen LogP contribution in [0.15, 0.2) is 51.5 Å². The van der Waals surface area contributed by atoms with Gasteiger partial charge in [-0.2, -0.15) is 0 Å². The molecule has 23 heavy (non-hydrogen) atoms. The summed E-state index contributed by atoms with van der Waals surface area (Å²) in [7, 11) is 0. The lowest BCUT2D eigenvalue weighted by molar-refractivity contribution is -0.0546. The van der Waals surface area contributed by atoms with E-state index in [0.29, 0.717) is 11.5 Å². The van der Waals surface area contributed by atoms with Crippen LogP contribution in [0.3, 0.4) is 0 Å². The van der Waals surface area contributed by atoms with Crippen molar-refractivity contribution in [3.05, 3.63) is 58.2 Å². The van der Waals surface area contributed by atoms with Crippen molar-refractivity contribution in [2.45, 2.75) is 12.6 Å². The smallest absolute Gasteiger partial charge is 0.223 e. The third-order valence-corrected chi connectivity index (χ3v) is 3.39. The van der Waals surface area contributed by atoms with E-state index < -0.39 is 5.72 Å². The minimum Gasteiger partial charge on any atom is -0.365 e. The van der Waals surface area contributed by atoms with Gasteiger partial charge in [-0.15, -0.1) is 0 Å². The summed E-state index contributed by atoms with van der Waals surface area (Å²) in [6, 6.07) is 5.56. The predicted molar refractivity (Wildman–Crippen MR) is 86.6 cm³/mol. The quantitative estimate of drug-likeness (QED) is 0.391. The molecule has 1 N–H and O–H groups in total. The number of benzene rings is 1. The normalized spacial score (nSPS) is 21.0. The number of guanidine groups is 1. The van der Waals surface area contributed by atoms with E-state index in [1.165, 1.54) is 24.3 Å². The fourth-order valence-electron chi connectivity index (χ4n) is 2.26. The molecule has 0 saturated heterocycles. The molecule has 1 aromatic rings. The number of allylic oxidation sites excluding steroid dienone is 2. The monoisotopic (exact) mass is 316 g/mol. The van der Waals surface area contributed by atoms with Gasteiger partial charge in [-0.05, 0) is 30.7 Å². The summed E-state index contributed by atoms with van der Waals surface area (Å²) in [5.74, 6) is -0.0497. The Bertz CT molecular complexity index is 678. The Kier molecular flexibility index (Phi) is 5.46. The SMILES string of the molecule is C/C=C\C=N/C1=NCC(O)(c2ccc(F)cc2)N1CCN=[N+]=[N-]. The highest BCUT2D eigenvalue weighted by Gasteiger charge is 2.42. The van der Waals surface area contributed by atoms with Crippen LogP contribution in [0.1, 0.15) is 12.5 Å². The minimum absolute atomic E-state index is 0.0669. The summed E-state index contributed by atoms with van der Waals surface area (Å²) >= 11 is 0. The number of aliphatic hydroxyl groups is 1. The molecule has 2 rings (SSSR count). The Morgan fingerprint density at radius 2 is 2.22 bits per heavy atom. The molecule has 0 aliphatic carbocycles. The van der Waals surface area contributed by atoms with Crippen LogP contribution in [0.2, 0.25) is 0 Å². The molecule has 1 aromatic carbocycles. The van der Waals surface area contributed by atoms with Crippen LogP contribution in [-0.4, -0.2) is 41.8 Å². The van der Waals surface area contributed by atoms with Gasteiger partial charge in [-0.1, -0.05) is 23.3 Å². The molecule has 7 nitrogen and oxygen atoms in total. The molecule has 0 radical (unpaired) electrons. The zero-order chi connectivity index (χ0) is 16.7. The molecule has 0 spiro atoms. The molecule has 1 aliphatic rings. The van der Waals surface area contributed by atoms with E-state index in [1.807, 2.05) is 13.0 Å². The van der Waals surface area contributed by atoms with E-state index in [0.717, 1.165) is 0 Å². The molecule has 1 aliphatic heterocycles. The average Bonchev–Trinajstić information content (AvgIpc) is 2.86. The van der Waals surface area contributed by atoms with Gasteiger partial charge >= 0.3 is 0 Å². The summed E-state index contributed by atoms with van der Waals surface area (Å²) in [5, 5.41) is 14.5. The van der Waals surface area contributed by atoms with Crippen molar-refractivity contribution >= 4 is 12.2 Å². The van der Waals surface area contributed by atoms with Gasteiger partial charge in [0.2, 0.25) is 5.96 Å². The number of hydrogen-bond donors (Lipinski definition) is 1. The Morgan fingerprint density at radius 3 is 2.87 bits per heavy atom. The molecule has 0 fully saturated rings. The lowest BCUT2D eigenvalue weighted by Crippen LogP contribution is -2.47. The van der Waals surface area contributed by atoms with Gasteiger partial charge in [-0.25, -0.2) is 14.4 Å². The second-order valence-electron chi connectivity index (χ2n) is 4.85. The molecule has 0 amide bonds. The van der Waals surface area contributed by atoms with Crippen LogP contribution >= 0.6 is 0 Å². The van der Waals surface area contributed by atoms with E-state index in [1.54, 1.807) is 17.2 Å². The van der Waals surface area contributed by atoms with Gasteiger partial charge < -0.3 is 10.0 Å². The summed E-state index contributed by atoms with van der Waals surface area (Å²) < 4.78 is 13.1. The Labute approximate surface area is 133 Å². The van der Waals surface area contributed by atoms with Crippen LogP contribution < -0.4 is 0 Å². The maximum Gasteiger partial charge on any atom is 0.223 e. The molecule has 8 heteroatoms. The second-order valence-corrected chi connectivity index (χ2v) is 4.85. The van der Waals surface area contributed by atoms with Crippen molar-refractivity contribution in [2.24, 2.45) is 15.1 Å². The number of halogens is 1. The number of aliphatic imine (C=N–C) groups is 2. The Hall–Kier alpha value is -2.70. The van der Waals surface area contributed by atoms with Gasteiger partial charge in [0, 0.05) is 29.8 Å². The topological polar surface area (TPSA) is 97.0 Å². The standard InChI is InChI=1S/C15H17FN6O/c1-2-3-8-18-14-19-11-15(23,22(14)10-9-20-21-17)12-4-6-13(16)7-5-12/h2-8,23H,9-11H2,1H3/b3-2-,18-8-. The van der Waals surface area contributed by atoms with Crippen LogP contribution in [-0.2, 0) is 5.72 Å². The maximum atomic E-state index is 13.1. The lowest BCUT2D eigenvalue weighted by Gasteiger charge is -2.34. The van der Waals surface area contributed by atoms with Crippen LogP contribution in [0, 0.1) is 5.82 Å². The molecular weight excluding hydrogens is 299 g/mol. The van der Waals surface area contributed by atoms with E-state index in [9.17, 15) is 9.50 Å². The second kappa shape index (κ2) is 7.53. The number of rotatable bonds is 5. The molecule has 0 bridgehead atoms. The van der Waals surface area contributed by atoms with E-state index >= 15 is 0 Å². The molecule has 1 atom stereocenters. The number of azide groups is 1. The fraction of sp³-hybridized carbons (Fsp3) is 0.333. The zero-order valence-electron chi connectivity index (χ0n) is 12.7. The first-order valence-electron chi connectivity index (χ1n) is 7.08. The highest BCUT2D eigenvalue weighted by atomic mass is 19.1. The zero-order valence-corrected chi connectivity index (χ0v) is 12.7. The number of hydrogen-bond acceptors (Lipinski definition) is 5. The van der Waals surface area contributed by atoms with Crippen LogP contribution in [0.5, 0.6) is 0 Å². The van der Waals surface area contributed by atoms with E-state index in [4.69, 9.17) is 5.53 Å². The van der Waals surface area contributed by atoms with Crippen molar-refractivity contribution < 1.29 is 9.50 Å². The molecule has 0 aromatic heterocycles. The van der Waals surface area contributed by atoms with E-state index in [-0.39, 0.29) is 25.5 Å². The molecule has 0 saturated carbocycles. The van der Waals surface area contributed by atoms with Crippen molar-refractivity contribution in [2.75, 3.05) is 19.6 Å². The molecular formula is C15H17FN6O. The Morgan fingerprint density at radius 1 is 1.48 bits per heavy atom. The van der Waals surface area contributed by atoms with Gasteiger partial charge in [-0.3, -0.25) is 0 Å². The highest BCUT2D eigenvalue weighted by Crippen LogP contribution is 2.31. The molecule has 1 unspecified atom stereocenters. The van der Waals surface area contributed by atoms with Gasteiger partial charge in [0.05, 0.1) is 6.54 Å². The van der Waals surface area contributed by atoms with Gasteiger partial charge in [0.1, 0.15) is 5.82 Å².